The van der Waals surface area contributed by atoms with Crippen molar-refractivity contribution >= 4 is 33.4 Å². The molecule has 0 spiro atoms. The van der Waals surface area contributed by atoms with Gasteiger partial charge in [0.1, 0.15) is 0 Å². The van der Waals surface area contributed by atoms with Gasteiger partial charge in [0, 0.05) is 16.6 Å². The van der Waals surface area contributed by atoms with Crippen molar-refractivity contribution in [2.24, 2.45) is 5.92 Å². The molecule has 0 N–H and O–H groups in total. The van der Waals surface area contributed by atoms with Gasteiger partial charge < -0.3 is 4.90 Å². The molecule has 0 unspecified atom stereocenters. The summed E-state index contributed by atoms with van der Waals surface area (Å²) in [5.41, 5.74) is 0.613. The smallest absolute Gasteiger partial charge is 0.254 e. The van der Waals surface area contributed by atoms with Crippen LogP contribution < -0.4 is 0 Å². The zero-order valence-electron chi connectivity index (χ0n) is 9.83. The van der Waals surface area contributed by atoms with Gasteiger partial charge >= 0.3 is 0 Å². The van der Waals surface area contributed by atoms with Crippen molar-refractivity contribution in [1.82, 2.24) is 4.90 Å². The fourth-order valence-corrected chi connectivity index (χ4v) is 2.25. The molecule has 1 saturated carbocycles. The Labute approximate surface area is 120 Å². The fourth-order valence-electron chi connectivity index (χ4n) is 1.75. The molecule has 2 nitrogen and oxygen atoms in total. The fraction of sp³-hybridized carbons (Fsp3) is 0.357. The van der Waals surface area contributed by atoms with Crippen LogP contribution in [0.25, 0.3) is 0 Å². The highest BCUT2D eigenvalue weighted by atomic mass is 79.9. The number of nitrogens with zero attached hydrogens (tertiary/aromatic N) is 1. The maximum atomic E-state index is 12.3. The predicted octanol–water partition coefficient (Wildman–Crippen LogP) is 3.59. The Kier molecular flexibility index (Phi) is 4.31. The standard InChI is InChI=1S/C14H13BrClNO/c1-2-7-17(9-10-3-4-10)14(18)11-5-6-13(16)12(15)8-11/h1,5-6,8,10H,3-4,7,9H2. The van der Waals surface area contributed by atoms with Gasteiger partial charge in [0.15, 0.2) is 0 Å². The first-order chi connectivity index (χ1) is 8.61. The molecule has 4 heteroatoms. The van der Waals surface area contributed by atoms with Gasteiger partial charge in [-0.05, 0) is 52.9 Å². The lowest BCUT2D eigenvalue weighted by atomic mass is 10.2. The van der Waals surface area contributed by atoms with E-state index in [4.69, 9.17) is 18.0 Å². The molecule has 0 aromatic heterocycles. The third-order valence-corrected chi connectivity index (χ3v) is 4.13. The van der Waals surface area contributed by atoms with Gasteiger partial charge in [-0.2, -0.15) is 0 Å². The first-order valence-electron chi connectivity index (χ1n) is 5.79. The maximum absolute atomic E-state index is 12.3. The minimum atomic E-state index is -0.0304. The molecule has 94 valence electrons. The van der Waals surface area contributed by atoms with Crippen LogP contribution in [0.15, 0.2) is 22.7 Å². The van der Waals surface area contributed by atoms with Gasteiger partial charge in [-0.3, -0.25) is 4.79 Å². The van der Waals surface area contributed by atoms with Crippen LogP contribution in [0.3, 0.4) is 0 Å². The van der Waals surface area contributed by atoms with Gasteiger partial charge in [-0.25, -0.2) is 0 Å². The van der Waals surface area contributed by atoms with Crippen molar-refractivity contribution in [3.05, 3.63) is 33.3 Å². The van der Waals surface area contributed by atoms with Crippen molar-refractivity contribution in [2.75, 3.05) is 13.1 Å². The number of benzene rings is 1. The van der Waals surface area contributed by atoms with Crippen LogP contribution in [0.4, 0.5) is 0 Å². The zero-order valence-corrected chi connectivity index (χ0v) is 12.2. The van der Waals surface area contributed by atoms with Crippen molar-refractivity contribution < 1.29 is 4.79 Å². The lowest BCUT2D eigenvalue weighted by Crippen LogP contribution is -2.33. The summed E-state index contributed by atoms with van der Waals surface area (Å²) in [4.78, 5) is 14.1. The second-order valence-corrected chi connectivity index (χ2v) is 5.72. The van der Waals surface area contributed by atoms with E-state index in [1.165, 1.54) is 12.8 Å². The Hall–Kier alpha value is -0.980. The van der Waals surface area contributed by atoms with E-state index in [2.05, 4.69) is 21.9 Å². The van der Waals surface area contributed by atoms with E-state index < -0.39 is 0 Å². The molecular formula is C14H13BrClNO. The molecule has 1 amide bonds. The summed E-state index contributed by atoms with van der Waals surface area (Å²) in [5.74, 6) is 3.14. The van der Waals surface area contributed by atoms with E-state index in [0.29, 0.717) is 23.0 Å². The Morgan fingerprint density at radius 3 is 2.83 bits per heavy atom. The highest BCUT2D eigenvalue weighted by molar-refractivity contribution is 9.10. The van der Waals surface area contributed by atoms with E-state index >= 15 is 0 Å². The number of halogens is 2. The number of carbonyl (C=O) groups is 1. The lowest BCUT2D eigenvalue weighted by molar-refractivity contribution is 0.0769. The number of hydrogen-bond acceptors (Lipinski definition) is 1. The van der Waals surface area contributed by atoms with Crippen molar-refractivity contribution in [2.45, 2.75) is 12.8 Å². The normalized spacial score (nSPS) is 14.1. The molecule has 18 heavy (non-hydrogen) atoms. The molecule has 1 aliphatic rings. The molecular weight excluding hydrogens is 314 g/mol. The van der Waals surface area contributed by atoms with E-state index in [1.54, 1.807) is 23.1 Å². The number of terminal acetylenes is 1. The minimum absolute atomic E-state index is 0.0304. The van der Waals surface area contributed by atoms with E-state index in [9.17, 15) is 4.79 Å². The second kappa shape index (κ2) is 5.77. The van der Waals surface area contributed by atoms with Crippen molar-refractivity contribution in [1.29, 1.82) is 0 Å². The molecule has 1 aromatic carbocycles. The summed E-state index contributed by atoms with van der Waals surface area (Å²) in [6.07, 6.45) is 7.71. The SMILES string of the molecule is C#CCN(CC1CC1)C(=O)c1ccc(Cl)c(Br)c1. The summed E-state index contributed by atoms with van der Waals surface area (Å²) in [7, 11) is 0. The first kappa shape index (κ1) is 13.5. The molecule has 1 fully saturated rings. The predicted molar refractivity (Wildman–Crippen MR) is 76.6 cm³/mol. The van der Waals surface area contributed by atoms with Crippen molar-refractivity contribution in [3.63, 3.8) is 0 Å². The molecule has 0 atom stereocenters. The van der Waals surface area contributed by atoms with Gasteiger partial charge in [0.25, 0.3) is 5.91 Å². The molecule has 0 saturated heterocycles. The molecule has 0 heterocycles. The number of amides is 1. The quantitative estimate of drug-likeness (QED) is 0.774. The van der Waals surface area contributed by atoms with E-state index in [-0.39, 0.29) is 5.91 Å². The van der Waals surface area contributed by atoms with Crippen LogP contribution in [-0.2, 0) is 0 Å². The Morgan fingerprint density at radius 2 is 2.28 bits per heavy atom. The van der Waals surface area contributed by atoms with E-state index in [0.717, 1.165) is 11.0 Å². The number of carbonyl (C=O) groups excluding carboxylic acids is 1. The third-order valence-electron chi connectivity index (χ3n) is 2.91. The Balaban J connectivity index is 2.15. The Morgan fingerprint density at radius 1 is 1.56 bits per heavy atom. The Bertz CT molecular complexity index is 505. The summed E-state index contributed by atoms with van der Waals surface area (Å²) in [5, 5.41) is 0.595. The number of hydrogen-bond donors (Lipinski definition) is 0. The highest BCUT2D eigenvalue weighted by Crippen LogP contribution is 2.30. The van der Waals surface area contributed by atoms with Crippen LogP contribution in [0, 0.1) is 18.3 Å². The van der Waals surface area contributed by atoms with Gasteiger partial charge in [0.2, 0.25) is 0 Å². The largest absolute Gasteiger partial charge is 0.327 e. The van der Waals surface area contributed by atoms with Crippen molar-refractivity contribution in [3.8, 4) is 12.3 Å². The molecule has 1 aliphatic carbocycles. The average Bonchev–Trinajstić information content (AvgIpc) is 3.15. The summed E-state index contributed by atoms with van der Waals surface area (Å²) < 4.78 is 0.724. The molecule has 0 aliphatic heterocycles. The lowest BCUT2D eigenvalue weighted by Gasteiger charge is -2.20. The third kappa shape index (κ3) is 3.28. The highest BCUT2D eigenvalue weighted by Gasteiger charge is 2.27. The van der Waals surface area contributed by atoms with Gasteiger partial charge in [-0.1, -0.05) is 17.5 Å². The average molecular weight is 327 g/mol. The zero-order chi connectivity index (χ0) is 13.1. The van der Waals surface area contributed by atoms with Crippen LogP contribution in [0.5, 0.6) is 0 Å². The summed E-state index contributed by atoms with van der Waals surface area (Å²) in [6.45, 7) is 1.11. The molecule has 0 bridgehead atoms. The molecule has 0 radical (unpaired) electrons. The van der Waals surface area contributed by atoms with Crippen LogP contribution in [0.1, 0.15) is 23.2 Å². The summed E-state index contributed by atoms with van der Waals surface area (Å²) >= 11 is 9.24. The number of rotatable bonds is 4. The topological polar surface area (TPSA) is 20.3 Å². The first-order valence-corrected chi connectivity index (χ1v) is 6.96. The van der Waals surface area contributed by atoms with Gasteiger partial charge in [0.05, 0.1) is 11.6 Å². The van der Waals surface area contributed by atoms with Crippen LogP contribution in [0.2, 0.25) is 5.02 Å². The molecule has 2 rings (SSSR count). The van der Waals surface area contributed by atoms with Crippen LogP contribution in [-0.4, -0.2) is 23.9 Å². The molecule has 1 aromatic rings. The van der Waals surface area contributed by atoms with Crippen LogP contribution >= 0.6 is 27.5 Å². The van der Waals surface area contributed by atoms with E-state index in [1.807, 2.05) is 0 Å². The second-order valence-electron chi connectivity index (χ2n) is 4.46. The minimum Gasteiger partial charge on any atom is -0.327 e. The van der Waals surface area contributed by atoms with Gasteiger partial charge in [-0.15, -0.1) is 6.42 Å². The summed E-state index contributed by atoms with van der Waals surface area (Å²) in [6, 6.07) is 5.18. The maximum Gasteiger partial charge on any atom is 0.254 e. The monoisotopic (exact) mass is 325 g/mol.